The van der Waals surface area contributed by atoms with Crippen LogP contribution in [-0.4, -0.2) is 26.4 Å². The lowest BCUT2D eigenvalue weighted by Gasteiger charge is -2.26. The maximum Gasteiger partial charge on any atom is 0.302 e. The van der Waals surface area contributed by atoms with Gasteiger partial charge in [0.25, 0.3) is 0 Å². The molecule has 0 radical (unpaired) electrons. The third-order valence-electron chi connectivity index (χ3n) is 8.44. The van der Waals surface area contributed by atoms with Gasteiger partial charge in [0.2, 0.25) is 5.78 Å². The largest absolute Gasteiger partial charge is 0.466 e. The highest BCUT2D eigenvalue weighted by Gasteiger charge is 2.43. The molecule has 0 unspecified atom stereocenters. The van der Waals surface area contributed by atoms with Gasteiger partial charge < -0.3 is 4.74 Å². The normalized spacial score (nSPS) is 13.4. The van der Waals surface area contributed by atoms with Crippen LogP contribution >= 0.6 is 0 Å². The Bertz CT molecular complexity index is 1920. The van der Waals surface area contributed by atoms with Gasteiger partial charge in [-0.1, -0.05) is 110 Å². The van der Waals surface area contributed by atoms with Crippen molar-refractivity contribution >= 4 is 41.4 Å². The van der Waals surface area contributed by atoms with Crippen molar-refractivity contribution in [3.8, 4) is 23.7 Å². The van der Waals surface area contributed by atoms with E-state index in [1.54, 1.807) is 0 Å². The van der Waals surface area contributed by atoms with E-state index in [-0.39, 0.29) is 11.8 Å². The summed E-state index contributed by atoms with van der Waals surface area (Å²) in [6.45, 7) is 8.57. The number of esters is 1. The maximum absolute atomic E-state index is 12.4. The molecule has 0 saturated heterocycles. The third-order valence-corrected chi connectivity index (χ3v) is 12.0. The van der Waals surface area contributed by atoms with E-state index in [4.69, 9.17) is 4.74 Å². The van der Waals surface area contributed by atoms with Gasteiger partial charge in [0.1, 0.15) is 8.07 Å². The second-order valence-electron chi connectivity index (χ2n) is 12.2. The van der Waals surface area contributed by atoms with Gasteiger partial charge in [-0.3, -0.25) is 9.59 Å². The number of allylic oxidation sites excluding steroid dienone is 2. The van der Waals surface area contributed by atoms with Crippen LogP contribution in [0.4, 0.5) is 0 Å². The Morgan fingerprint density at radius 1 is 0.617 bits per heavy atom. The molecular formula is C43H40O3Si. The van der Waals surface area contributed by atoms with Gasteiger partial charge in [-0.25, -0.2) is 0 Å². The molecule has 0 atom stereocenters. The zero-order valence-corrected chi connectivity index (χ0v) is 28.7. The Kier molecular flexibility index (Phi) is 10.9. The van der Waals surface area contributed by atoms with Crippen molar-refractivity contribution in [2.45, 2.75) is 52.6 Å². The maximum atomic E-state index is 12.4. The number of hydrogen-bond acceptors (Lipinski definition) is 3. The molecule has 234 valence electrons. The van der Waals surface area contributed by atoms with E-state index in [0.717, 1.165) is 30.4 Å². The van der Waals surface area contributed by atoms with Crippen molar-refractivity contribution in [3.63, 3.8) is 0 Å². The molecule has 4 aromatic carbocycles. The van der Waals surface area contributed by atoms with Crippen LogP contribution in [0, 0.1) is 23.7 Å². The van der Waals surface area contributed by atoms with Crippen LogP contribution in [0.3, 0.4) is 0 Å². The summed E-state index contributed by atoms with van der Waals surface area (Å²) >= 11 is 0. The molecule has 1 heterocycles. The average Bonchev–Trinajstić information content (AvgIpc) is 3.33. The van der Waals surface area contributed by atoms with Crippen LogP contribution in [-0.2, 0) is 14.3 Å². The quantitative estimate of drug-likeness (QED) is 0.0757. The minimum absolute atomic E-state index is 0.0720. The van der Waals surface area contributed by atoms with Crippen molar-refractivity contribution in [3.05, 3.63) is 143 Å². The molecule has 0 saturated carbocycles. The topological polar surface area (TPSA) is 43.4 Å². The van der Waals surface area contributed by atoms with Gasteiger partial charge in [-0.15, -0.1) is 5.92 Å². The predicted octanol–water partition coefficient (Wildman–Crippen LogP) is 9.42. The van der Waals surface area contributed by atoms with Crippen molar-refractivity contribution in [2.24, 2.45) is 0 Å². The molecule has 4 heteroatoms. The first-order valence-corrected chi connectivity index (χ1v) is 19.2. The van der Waals surface area contributed by atoms with E-state index in [9.17, 15) is 9.59 Å². The van der Waals surface area contributed by atoms with Gasteiger partial charge in [0, 0.05) is 24.5 Å². The van der Waals surface area contributed by atoms with Crippen molar-refractivity contribution < 1.29 is 14.3 Å². The summed E-state index contributed by atoms with van der Waals surface area (Å²) in [5.41, 5.74) is 9.24. The van der Waals surface area contributed by atoms with Gasteiger partial charge in [-0.2, -0.15) is 0 Å². The van der Waals surface area contributed by atoms with Crippen LogP contribution in [0.25, 0.3) is 21.5 Å². The van der Waals surface area contributed by atoms with E-state index in [1.165, 1.54) is 50.7 Å². The lowest BCUT2D eigenvalue weighted by Crippen LogP contribution is -2.28. The first-order chi connectivity index (χ1) is 22.8. The number of rotatable bonds is 10. The minimum Gasteiger partial charge on any atom is -0.466 e. The summed E-state index contributed by atoms with van der Waals surface area (Å²) in [7, 11) is -2.29. The van der Waals surface area contributed by atoms with Crippen LogP contribution in [0.15, 0.2) is 109 Å². The van der Waals surface area contributed by atoms with Crippen LogP contribution in [0.1, 0.15) is 72.9 Å². The molecule has 0 spiro atoms. The number of carbonyl (C=O) groups excluding carboxylic acids is 2. The number of carbonyl (C=O) groups is 2. The summed E-state index contributed by atoms with van der Waals surface area (Å²) in [6, 6.07) is 38.6. The zero-order chi connectivity index (χ0) is 33.2. The number of ether oxygens (including phenoxy) is 1. The van der Waals surface area contributed by atoms with E-state index in [1.807, 2.05) is 19.1 Å². The van der Waals surface area contributed by atoms with Crippen molar-refractivity contribution in [1.29, 1.82) is 0 Å². The predicted molar refractivity (Wildman–Crippen MR) is 196 cm³/mol. The number of ketones is 1. The first-order valence-electron chi connectivity index (χ1n) is 16.2. The van der Waals surface area contributed by atoms with Gasteiger partial charge in [0.05, 0.1) is 6.61 Å². The monoisotopic (exact) mass is 632 g/mol. The molecule has 4 aromatic rings. The van der Waals surface area contributed by atoms with Crippen molar-refractivity contribution in [2.75, 3.05) is 6.61 Å². The highest BCUT2D eigenvalue weighted by molar-refractivity contribution is 7.13. The average molecular weight is 633 g/mol. The molecule has 0 bridgehead atoms. The van der Waals surface area contributed by atoms with Crippen LogP contribution in [0.5, 0.6) is 0 Å². The fourth-order valence-electron chi connectivity index (χ4n) is 6.37. The Balaban J connectivity index is 1.51. The van der Waals surface area contributed by atoms with Gasteiger partial charge in [-0.05, 0) is 100 Å². The van der Waals surface area contributed by atoms with Gasteiger partial charge in [0.15, 0.2) is 0 Å². The molecule has 3 nitrogen and oxygen atoms in total. The van der Waals surface area contributed by atoms with Crippen LogP contribution in [0.2, 0.25) is 13.1 Å². The van der Waals surface area contributed by atoms with Crippen molar-refractivity contribution in [1.82, 2.24) is 0 Å². The number of benzene rings is 4. The molecule has 0 amide bonds. The molecule has 5 rings (SSSR count). The lowest BCUT2D eigenvalue weighted by atomic mass is 9.89. The molecule has 0 aliphatic carbocycles. The highest BCUT2D eigenvalue weighted by atomic mass is 28.3. The fraction of sp³-hybridized carbons (Fsp3) is 0.209. The summed E-state index contributed by atoms with van der Waals surface area (Å²) in [5.74, 6) is 11.8. The number of Topliss-reactive ketones (excluding diaryl/α,β-unsaturated/α-hetero) is 1. The van der Waals surface area contributed by atoms with E-state index in [2.05, 4.69) is 134 Å². The molecule has 0 aromatic heterocycles. The standard InChI is InChI=1S/C43H40O3Si/c1-5-15-33-21-26-37(27-22-33)42-40(35-16-9-6-10-17-35)41(36-18-11-7-12-19-36)43(47(42,3)4)38-28-23-34(24-29-38)25-30-39(45)20-13-8-14-31-46-32(2)44/h6-7,9-12,16-19,21-24,26-29H,8,13-14,20,31H2,1-4H3. The number of unbranched alkanes of at least 4 members (excludes halogenated alkanes) is 2. The van der Waals surface area contributed by atoms with Gasteiger partial charge >= 0.3 is 5.97 Å². The molecule has 1 aliphatic rings. The van der Waals surface area contributed by atoms with E-state index in [0.29, 0.717) is 13.0 Å². The summed E-state index contributed by atoms with van der Waals surface area (Å²) in [5, 5.41) is 2.80. The Hall–Kier alpha value is -5.16. The van der Waals surface area contributed by atoms with Crippen LogP contribution < -0.4 is 0 Å². The second kappa shape index (κ2) is 15.4. The van der Waals surface area contributed by atoms with E-state index >= 15 is 0 Å². The Morgan fingerprint density at radius 3 is 1.57 bits per heavy atom. The summed E-state index contributed by atoms with van der Waals surface area (Å²) in [4.78, 5) is 23.3. The molecule has 47 heavy (non-hydrogen) atoms. The lowest BCUT2D eigenvalue weighted by molar-refractivity contribution is -0.141. The highest BCUT2D eigenvalue weighted by Crippen LogP contribution is 2.55. The summed E-state index contributed by atoms with van der Waals surface area (Å²) in [6.07, 6.45) is 2.72. The molecular weight excluding hydrogens is 593 g/mol. The fourth-order valence-corrected chi connectivity index (χ4v) is 10.2. The number of hydrogen-bond donors (Lipinski definition) is 0. The third kappa shape index (κ3) is 7.98. The Morgan fingerprint density at radius 2 is 1.11 bits per heavy atom. The Labute approximate surface area is 280 Å². The first kappa shape index (κ1) is 33.2. The molecule has 0 N–H and O–H groups in total. The zero-order valence-electron chi connectivity index (χ0n) is 27.7. The summed E-state index contributed by atoms with van der Waals surface area (Å²) < 4.78 is 4.95. The molecule has 0 fully saturated rings. The van der Waals surface area contributed by atoms with E-state index < -0.39 is 8.07 Å². The minimum atomic E-state index is -2.29. The second-order valence-corrected chi connectivity index (χ2v) is 16.5. The molecule has 1 aliphatic heterocycles. The smallest absolute Gasteiger partial charge is 0.302 e. The SMILES string of the molecule is CC#Cc1ccc(C2=C(c3ccccc3)C(c3ccccc3)=C(c3ccc(C#CC(=O)CCCCCOC(C)=O)cc3)[Si]2(C)C)cc1.